The fourth-order valence-electron chi connectivity index (χ4n) is 4.07. The summed E-state index contributed by atoms with van der Waals surface area (Å²) in [4.78, 5) is 2.63. The average Bonchev–Trinajstić information content (AvgIpc) is 3.18. The van der Waals surface area contributed by atoms with Crippen LogP contribution in [-0.2, 0) is 6.42 Å². The van der Waals surface area contributed by atoms with Crippen molar-refractivity contribution in [3.8, 4) is 0 Å². The maximum Gasteiger partial charge on any atom is 0.0209 e. The summed E-state index contributed by atoms with van der Waals surface area (Å²) in [6, 6.07) is 12.3. The highest BCUT2D eigenvalue weighted by atomic mass is 15.2. The summed E-state index contributed by atoms with van der Waals surface area (Å²) < 4.78 is 0. The maximum absolute atomic E-state index is 3.91. The van der Waals surface area contributed by atoms with Crippen molar-refractivity contribution in [2.75, 3.05) is 19.6 Å². The molecule has 1 N–H and O–H groups in total. The molecule has 1 aromatic carbocycles. The summed E-state index contributed by atoms with van der Waals surface area (Å²) in [5, 5.41) is 3.91. The van der Waals surface area contributed by atoms with Gasteiger partial charge in [0.25, 0.3) is 0 Å². The molecule has 116 valence electrons. The first-order valence-corrected chi connectivity index (χ1v) is 8.83. The molecule has 1 aliphatic heterocycles. The third kappa shape index (κ3) is 4.31. The minimum Gasteiger partial charge on any atom is -0.310 e. The van der Waals surface area contributed by atoms with Gasteiger partial charge < -0.3 is 10.2 Å². The predicted molar refractivity (Wildman–Crippen MR) is 89.5 cm³/mol. The summed E-state index contributed by atoms with van der Waals surface area (Å²) in [5.74, 6) is 0.934. The Hall–Kier alpha value is -0.860. The van der Waals surface area contributed by atoms with Crippen LogP contribution >= 0.6 is 0 Å². The lowest BCUT2D eigenvalue weighted by atomic mass is 9.99. The zero-order valence-electron chi connectivity index (χ0n) is 13.4. The van der Waals surface area contributed by atoms with Crippen LogP contribution in [0.3, 0.4) is 0 Å². The Bertz CT molecular complexity index is 411. The van der Waals surface area contributed by atoms with Gasteiger partial charge in [-0.2, -0.15) is 0 Å². The van der Waals surface area contributed by atoms with Crippen molar-refractivity contribution in [1.82, 2.24) is 10.2 Å². The Morgan fingerprint density at radius 1 is 1.14 bits per heavy atom. The molecule has 0 radical (unpaired) electrons. The number of benzene rings is 1. The van der Waals surface area contributed by atoms with Crippen molar-refractivity contribution in [3.05, 3.63) is 35.9 Å². The first-order chi connectivity index (χ1) is 10.3. The highest BCUT2D eigenvalue weighted by Crippen LogP contribution is 2.28. The summed E-state index contributed by atoms with van der Waals surface area (Å²) >= 11 is 0. The first-order valence-electron chi connectivity index (χ1n) is 8.83. The van der Waals surface area contributed by atoms with Gasteiger partial charge in [0.2, 0.25) is 0 Å². The van der Waals surface area contributed by atoms with Gasteiger partial charge in [-0.05, 0) is 50.6 Å². The van der Waals surface area contributed by atoms with Gasteiger partial charge in [0.1, 0.15) is 0 Å². The predicted octanol–water partition coefficient (Wildman–Crippen LogP) is 3.47. The van der Waals surface area contributed by atoms with E-state index >= 15 is 0 Å². The molecule has 0 spiro atoms. The molecule has 2 fully saturated rings. The molecule has 1 saturated heterocycles. The molecule has 21 heavy (non-hydrogen) atoms. The topological polar surface area (TPSA) is 15.3 Å². The molecule has 2 aliphatic rings. The second kappa shape index (κ2) is 7.42. The third-order valence-electron chi connectivity index (χ3n) is 5.44. The molecule has 1 heterocycles. The van der Waals surface area contributed by atoms with E-state index in [1.165, 1.54) is 63.7 Å². The van der Waals surface area contributed by atoms with E-state index in [0.717, 1.165) is 12.0 Å². The maximum atomic E-state index is 3.91. The van der Waals surface area contributed by atoms with E-state index in [1.807, 2.05) is 0 Å². The second-order valence-corrected chi connectivity index (χ2v) is 7.02. The van der Waals surface area contributed by atoms with Gasteiger partial charge in [-0.1, -0.05) is 43.2 Å². The highest BCUT2D eigenvalue weighted by Gasteiger charge is 2.27. The first kappa shape index (κ1) is 15.1. The number of nitrogens with one attached hydrogen (secondary N) is 1. The van der Waals surface area contributed by atoms with E-state index in [0.29, 0.717) is 6.04 Å². The molecule has 0 aromatic heterocycles. The van der Waals surface area contributed by atoms with Crippen molar-refractivity contribution in [2.45, 2.75) is 57.5 Å². The normalized spacial score (nSPS) is 25.5. The Kier molecular flexibility index (Phi) is 5.32. The van der Waals surface area contributed by atoms with E-state index in [1.54, 1.807) is 0 Å². The molecule has 0 amide bonds. The van der Waals surface area contributed by atoms with E-state index in [2.05, 4.69) is 47.5 Å². The van der Waals surface area contributed by atoms with Gasteiger partial charge in [0, 0.05) is 25.2 Å². The van der Waals surface area contributed by atoms with Crippen LogP contribution in [0.25, 0.3) is 0 Å². The van der Waals surface area contributed by atoms with Gasteiger partial charge in [0.15, 0.2) is 0 Å². The molecule has 1 unspecified atom stereocenters. The minimum absolute atomic E-state index is 0.714. The quantitative estimate of drug-likeness (QED) is 0.861. The molecule has 1 saturated carbocycles. The van der Waals surface area contributed by atoms with Crippen LogP contribution in [0.4, 0.5) is 0 Å². The van der Waals surface area contributed by atoms with Crippen molar-refractivity contribution in [2.24, 2.45) is 5.92 Å². The van der Waals surface area contributed by atoms with Crippen molar-refractivity contribution in [1.29, 1.82) is 0 Å². The zero-order valence-corrected chi connectivity index (χ0v) is 13.4. The third-order valence-corrected chi connectivity index (χ3v) is 5.44. The van der Waals surface area contributed by atoms with Crippen molar-refractivity contribution in [3.63, 3.8) is 0 Å². The lowest BCUT2D eigenvalue weighted by Gasteiger charge is -2.25. The molecule has 0 bridgehead atoms. The zero-order chi connectivity index (χ0) is 14.5. The van der Waals surface area contributed by atoms with Crippen LogP contribution < -0.4 is 5.32 Å². The number of nitrogens with zero attached hydrogens (tertiary/aromatic N) is 1. The standard InChI is InChI=1S/C19H30N2/c1-16(18-9-5-6-10-18)20-19-12-14-21(15-19)13-11-17-7-3-2-4-8-17/h2-4,7-8,16,18-20H,5-6,9-15H2,1H3/t16-,19?/m1/s1. The lowest BCUT2D eigenvalue weighted by molar-refractivity contribution is 0.307. The second-order valence-electron chi connectivity index (χ2n) is 7.02. The molecule has 2 atom stereocenters. The summed E-state index contributed by atoms with van der Waals surface area (Å²) in [6.07, 6.45) is 8.30. The molecule has 2 heteroatoms. The van der Waals surface area contributed by atoms with Gasteiger partial charge in [-0.3, -0.25) is 0 Å². The monoisotopic (exact) mass is 286 g/mol. The fraction of sp³-hybridized carbons (Fsp3) is 0.684. The minimum atomic E-state index is 0.714. The van der Waals surface area contributed by atoms with Gasteiger partial charge in [-0.15, -0.1) is 0 Å². The summed E-state index contributed by atoms with van der Waals surface area (Å²) in [6.45, 7) is 6.12. The summed E-state index contributed by atoms with van der Waals surface area (Å²) in [5.41, 5.74) is 1.47. The van der Waals surface area contributed by atoms with Gasteiger partial charge in [0.05, 0.1) is 0 Å². The Labute approximate surface area is 129 Å². The largest absolute Gasteiger partial charge is 0.310 e. The van der Waals surface area contributed by atoms with Crippen LogP contribution in [0, 0.1) is 5.92 Å². The van der Waals surface area contributed by atoms with E-state index in [-0.39, 0.29) is 0 Å². The van der Waals surface area contributed by atoms with Gasteiger partial charge >= 0.3 is 0 Å². The lowest BCUT2D eigenvalue weighted by Crippen LogP contribution is -2.42. The molecule has 1 aromatic rings. The van der Waals surface area contributed by atoms with Crippen LogP contribution in [0.2, 0.25) is 0 Å². The van der Waals surface area contributed by atoms with Crippen LogP contribution in [0.1, 0.15) is 44.6 Å². The number of rotatable bonds is 6. The molecule has 2 nitrogen and oxygen atoms in total. The molecule has 1 aliphatic carbocycles. The fourth-order valence-corrected chi connectivity index (χ4v) is 4.07. The van der Waals surface area contributed by atoms with Crippen LogP contribution in [0.5, 0.6) is 0 Å². The Morgan fingerprint density at radius 2 is 1.90 bits per heavy atom. The highest BCUT2D eigenvalue weighted by molar-refractivity contribution is 5.14. The molecule has 3 rings (SSSR count). The number of hydrogen-bond donors (Lipinski definition) is 1. The summed E-state index contributed by atoms with van der Waals surface area (Å²) in [7, 11) is 0. The van der Waals surface area contributed by atoms with E-state index < -0.39 is 0 Å². The SMILES string of the molecule is C[C@@H](NC1CCN(CCc2ccccc2)C1)C1CCCC1. The van der Waals surface area contributed by atoms with E-state index in [9.17, 15) is 0 Å². The van der Waals surface area contributed by atoms with Crippen LogP contribution in [-0.4, -0.2) is 36.6 Å². The number of likely N-dealkylation sites (tertiary alicyclic amines) is 1. The van der Waals surface area contributed by atoms with Crippen molar-refractivity contribution < 1.29 is 0 Å². The molecular formula is C19H30N2. The Morgan fingerprint density at radius 3 is 2.67 bits per heavy atom. The number of hydrogen-bond acceptors (Lipinski definition) is 2. The van der Waals surface area contributed by atoms with Crippen molar-refractivity contribution >= 4 is 0 Å². The van der Waals surface area contributed by atoms with Crippen LogP contribution in [0.15, 0.2) is 30.3 Å². The smallest absolute Gasteiger partial charge is 0.0209 e. The molecular weight excluding hydrogens is 256 g/mol. The Balaban J connectivity index is 1.38. The average molecular weight is 286 g/mol. The van der Waals surface area contributed by atoms with E-state index in [4.69, 9.17) is 0 Å². The van der Waals surface area contributed by atoms with Gasteiger partial charge in [-0.25, -0.2) is 0 Å².